The van der Waals surface area contributed by atoms with Crippen LogP contribution in [-0.2, 0) is 16.0 Å². The van der Waals surface area contributed by atoms with E-state index in [4.69, 9.17) is 4.74 Å². The fraction of sp³-hybridized carbons (Fsp3) is 0.652. The lowest BCUT2D eigenvalue weighted by Gasteiger charge is -2.34. The van der Waals surface area contributed by atoms with E-state index in [9.17, 15) is 9.59 Å². The molecule has 0 aromatic heterocycles. The van der Waals surface area contributed by atoms with E-state index in [-0.39, 0.29) is 17.9 Å². The number of fused-ring (bicyclic) bond motifs is 1. The van der Waals surface area contributed by atoms with Crippen molar-refractivity contribution in [3.63, 3.8) is 0 Å². The van der Waals surface area contributed by atoms with Gasteiger partial charge in [-0.3, -0.25) is 4.79 Å². The molecule has 158 valence electrons. The molecule has 2 fully saturated rings. The second-order valence-electron chi connectivity index (χ2n) is 9.49. The minimum absolute atomic E-state index is 0.0184. The first-order chi connectivity index (χ1) is 13.8. The van der Waals surface area contributed by atoms with Crippen molar-refractivity contribution in [2.24, 2.45) is 5.92 Å². The first-order valence-corrected chi connectivity index (χ1v) is 11.0. The quantitative estimate of drug-likeness (QED) is 0.759. The molecule has 3 heterocycles. The van der Waals surface area contributed by atoms with E-state index in [2.05, 4.69) is 23.1 Å². The highest BCUT2D eigenvalue weighted by molar-refractivity contribution is 5.97. The number of amides is 2. The smallest absolute Gasteiger partial charge is 0.410 e. The van der Waals surface area contributed by atoms with Crippen LogP contribution in [0.4, 0.5) is 16.2 Å². The lowest BCUT2D eigenvalue weighted by molar-refractivity contribution is -0.123. The van der Waals surface area contributed by atoms with Gasteiger partial charge in [0.15, 0.2) is 0 Å². The first kappa shape index (κ1) is 20.0. The number of nitrogens with zero attached hydrogens (tertiary/aromatic N) is 3. The molecular weight excluding hydrogens is 366 g/mol. The molecule has 0 unspecified atom stereocenters. The third-order valence-corrected chi connectivity index (χ3v) is 6.20. The predicted octanol–water partition coefficient (Wildman–Crippen LogP) is 3.82. The Bertz CT molecular complexity index is 772. The summed E-state index contributed by atoms with van der Waals surface area (Å²) >= 11 is 0. The van der Waals surface area contributed by atoms with Gasteiger partial charge in [-0.15, -0.1) is 0 Å². The number of benzene rings is 1. The van der Waals surface area contributed by atoms with Gasteiger partial charge in [-0.1, -0.05) is 6.07 Å². The lowest BCUT2D eigenvalue weighted by Crippen LogP contribution is -2.45. The van der Waals surface area contributed by atoms with Crippen molar-refractivity contribution in [2.75, 3.05) is 42.5 Å². The van der Waals surface area contributed by atoms with Crippen molar-refractivity contribution in [1.29, 1.82) is 0 Å². The van der Waals surface area contributed by atoms with Gasteiger partial charge in [-0.25, -0.2) is 4.79 Å². The predicted molar refractivity (Wildman–Crippen MR) is 114 cm³/mol. The van der Waals surface area contributed by atoms with Gasteiger partial charge >= 0.3 is 6.09 Å². The Kier molecular flexibility index (Phi) is 5.45. The van der Waals surface area contributed by atoms with Crippen LogP contribution in [0.15, 0.2) is 18.2 Å². The monoisotopic (exact) mass is 399 g/mol. The number of hydrogen-bond acceptors (Lipinski definition) is 4. The van der Waals surface area contributed by atoms with E-state index in [1.165, 1.54) is 24.1 Å². The van der Waals surface area contributed by atoms with Gasteiger partial charge < -0.3 is 19.4 Å². The fourth-order valence-corrected chi connectivity index (χ4v) is 4.62. The standard InChI is InChI=1S/C23H33N3O3/c1-23(2,3)29-22(28)25-13-8-18(9-14-25)21(27)26-15-10-17-6-7-19(16-20(17)26)24-11-4-5-12-24/h6-7,16,18H,4-5,8-15H2,1-3H3. The topological polar surface area (TPSA) is 53.1 Å². The molecule has 0 saturated carbocycles. The molecule has 1 aromatic rings. The molecule has 3 aliphatic heterocycles. The Morgan fingerprint density at radius 2 is 1.69 bits per heavy atom. The number of ether oxygens (including phenoxy) is 1. The van der Waals surface area contributed by atoms with Crippen LogP contribution in [-0.4, -0.2) is 55.2 Å². The summed E-state index contributed by atoms with van der Waals surface area (Å²) in [5.74, 6) is 0.196. The summed E-state index contributed by atoms with van der Waals surface area (Å²) in [6, 6.07) is 6.61. The van der Waals surface area contributed by atoms with Crippen LogP contribution >= 0.6 is 0 Å². The van der Waals surface area contributed by atoms with Gasteiger partial charge in [-0.05, 0) is 70.6 Å². The van der Waals surface area contributed by atoms with E-state index < -0.39 is 5.60 Å². The average Bonchev–Trinajstić information content (AvgIpc) is 3.35. The van der Waals surface area contributed by atoms with Gasteiger partial charge in [0.25, 0.3) is 0 Å². The molecular formula is C23H33N3O3. The summed E-state index contributed by atoms with van der Waals surface area (Å²) in [6.07, 6.45) is 4.56. The third-order valence-electron chi connectivity index (χ3n) is 6.20. The highest BCUT2D eigenvalue weighted by atomic mass is 16.6. The molecule has 0 radical (unpaired) electrons. The number of piperidine rings is 1. The van der Waals surface area contributed by atoms with Crippen molar-refractivity contribution < 1.29 is 14.3 Å². The maximum absolute atomic E-state index is 13.3. The molecule has 6 nitrogen and oxygen atoms in total. The van der Waals surface area contributed by atoms with Crippen LogP contribution < -0.4 is 9.80 Å². The zero-order valence-electron chi connectivity index (χ0n) is 17.9. The van der Waals surface area contributed by atoms with E-state index in [0.717, 1.165) is 31.7 Å². The van der Waals surface area contributed by atoms with Gasteiger partial charge in [0.05, 0.1) is 0 Å². The highest BCUT2D eigenvalue weighted by Crippen LogP contribution is 2.35. The number of rotatable bonds is 2. The van der Waals surface area contributed by atoms with Crippen molar-refractivity contribution >= 4 is 23.4 Å². The van der Waals surface area contributed by atoms with Crippen LogP contribution in [0.2, 0.25) is 0 Å². The van der Waals surface area contributed by atoms with E-state index in [0.29, 0.717) is 25.9 Å². The maximum atomic E-state index is 13.3. The Morgan fingerprint density at radius 1 is 1.00 bits per heavy atom. The Labute approximate surface area is 173 Å². The van der Waals surface area contributed by atoms with Crippen molar-refractivity contribution in [2.45, 2.75) is 58.5 Å². The van der Waals surface area contributed by atoms with Gasteiger partial charge in [-0.2, -0.15) is 0 Å². The summed E-state index contributed by atoms with van der Waals surface area (Å²) in [6.45, 7) is 9.78. The second-order valence-corrected chi connectivity index (χ2v) is 9.49. The zero-order chi connectivity index (χ0) is 20.6. The maximum Gasteiger partial charge on any atom is 0.410 e. The van der Waals surface area contributed by atoms with Crippen molar-refractivity contribution in [3.05, 3.63) is 23.8 Å². The second kappa shape index (κ2) is 7.88. The average molecular weight is 400 g/mol. The Hall–Kier alpha value is -2.24. The number of hydrogen-bond donors (Lipinski definition) is 0. The molecule has 0 aliphatic carbocycles. The van der Waals surface area contributed by atoms with Crippen LogP contribution in [0, 0.1) is 5.92 Å². The molecule has 29 heavy (non-hydrogen) atoms. The molecule has 1 aromatic carbocycles. The SMILES string of the molecule is CC(C)(C)OC(=O)N1CCC(C(=O)N2CCc3ccc(N4CCCC4)cc32)CC1. The summed E-state index contributed by atoms with van der Waals surface area (Å²) in [4.78, 5) is 31.7. The number of anilines is 2. The van der Waals surface area contributed by atoms with Gasteiger partial charge in [0, 0.05) is 50.0 Å². The summed E-state index contributed by atoms with van der Waals surface area (Å²) < 4.78 is 5.47. The lowest BCUT2D eigenvalue weighted by atomic mass is 9.95. The molecule has 4 rings (SSSR count). The van der Waals surface area contributed by atoms with Gasteiger partial charge in [0.2, 0.25) is 5.91 Å². The van der Waals surface area contributed by atoms with Crippen LogP contribution in [0.3, 0.4) is 0 Å². The molecule has 0 spiro atoms. The minimum atomic E-state index is -0.490. The number of carbonyl (C=O) groups is 2. The fourth-order valence-electron chi connectivity index (χ4n) is 4.62. The first-order valence-electron chi connectivity index (χ1n) is 11.0. The normalized spacial score (nSPS) is 20.2. The molecule has 0 bridgehead atoms. The number of likely N-dealkylation sites (tertiary alicyclic amines) is 1. The van der Waals surface area contributed by atoms with Crippen LogP contribution in [0.25, 0.3) is 0 Å². The van der Waals surface area contributed by atoms with Crippen LogP contribution in [0.5, 0.6) is 0 Å². The van der Waals surface area contributed by atoms with Crippen LogP contribution in [0.1, 0.15) is 52.0 Å². The highest BCUT2D eigenvalue weighted by Gasteiger charge is 2.35. The van der Waals surface area contributed by atoms with E-state index >= 15 is 0 Å². The summed E-state index contributed by atoms with van der Waals surface area (Å²) in [7, 11) is 0. The molecule has 2 saturated heterocycles. The molecule has 2 amide bonds. The number of carbonyl (C=O) groups excluding carboxylic acids is 2. The van der Waals surface area contributed by atoms with E-state index in [1.807, 2.05) is 25.7 Å². The molecule has 6 heteroatoms. The molecule has 0 N–H and O–H groups in total. The molecule has 0 atom stereocenters. The van der Waals surface area contributed by atoms with Crippen molar-refractivity contribution in [3.8, 4) is 0 Å². The molecule has 3 aliphatic rings. The van der Waals surface area contributed by atoms with E-state index in [1.54, 1.807) is 4.90 Å². The van der Waals surface area contributed by atoms with Gasteiger partial charge in [0.1, 0.15) is 5.60 Å². The largest absolute Gasteiger partial charge is 0.444 e. The third kappa shape index (κ3) is 4.36. The summed E-state index contributed by atoms with van der Waals surface area (Å²) in [5, 5.41) is 0. The van der Waals surface area contributed by atoms with Crippen molar-refractivity contribution in [1.82, 2.24) is 4.90 Å². The zero-order valence-corrected chi connectivity index (χ0v) is 17.9. The summed E-state index contributed by atoms with van der Waals surface area (Å²) in [5.41, 5.74) is 3.11. The Morgan fingerprint density at radius 3 is 2.34 bits per heavy atom. The Balaban J connectivity index is 1.39. The minimum Gasteiger partial charge on any atom is -0.444 e.